The fourth-order valence-electron chi connectivity index (χ4n) is 3.85. The summed E-state index contributed by atoms with van der Waals surface area (Å²) >= 11 is 0. The summed E-state index contributed by atoms with van der Waals surface area (Å²) in [7, 11) is 0. The Labute approximate surface area is 198 Å². The molecule has 0 bridgehead atoms. The summed E-state index contributed by atoms with van der Waals surface area (Å²) in [6.45, 7) is 1.87. The number of carbonyl (C=O) groups is 1. The van der Waals surface area contributed by atoms with E-state index in [2.05, 4.69) is 5.32 Å². The van der Waals surface area contributed by atoms with Gasteiger partial charge < -0.3 is 25.3 Å². The molecule has 0 radical (unpaired) electrons. The van der Waals surface area contributed by atoms with Gasteiger partial charge in [0.1, 0.15) is 29.0 Å². The molecule has 5 N–H and O–H groups in total. The minimum atomic E-state index is -0.904. The number of piperidine rings is 1. The number of hydrogen-bond donors (Lipinski definition) is 4. The first-order valence-corrected chi connectivity index (χ1v) is 10.1. The summed E-state index contributed by atoms with van der Waals surface area (Å²) in [5, 5.41) is 21.2. The molecule has 9 heteroatoms. The summed E-state index contributed by atoms with van der Waals surface area (Å²) in [5.41, 5.74) is 7.65. The van der Waals surface area contributed by atoms with Crippen LogP contribution in [-0.4, -0.2) is 36.1 Å². The number of furan rings is 1. The van der Waals surface area contributed by atoms with Crippen LogP contribution in [0, 0.1) is 5.41 Å². The maximum absolute atomic E-state index is 11.5. The Balaban J connectivity index is 0.00000181. The van der Waals surface area contributed by atoms with Gasteiger partial charge >= 0.3 is 5.97 Å². The third-order valence-electron chi connectivity index (χ3n) is 5.41. The quantitative estimate of drug-likeness (QED) is 0.296. The van der Waals surface area contributed by atoms with Crippen molar-refractivity contribution in [3.63, 3.8) is 0 Å². The molecule has 1 unspecified atom stereocenters. The van der Waals surface area contributed by atoms with Gasteiger partial charge in [0.15, 0.2) is 0 Å². The van der Waals surface area contributed by atoms with Crippen LogP contribution in [0.15, 0.2) is 52.9 Å². The standard InChI is InChI=1S/C23H25N3O4.2ClH/c24-23(25)15-5-8-20-16(10-15)11-21(30-20)19(12-22(27)28)14-3-6-17(7-4-14)29-18-2-1-9-26-13-18;;/h3-8,10-11,18-19,26H,1-2,9,12-13H2,(H3,24,25)(H,27,28);2*1H/t18-,19?;;/m0../s1. The second-order valence-corrected chi connectivity index (χ2v) is 7.62. The van der Waals surface area contributed by atoms with Crippen molar-refractivity contribution < 1.29 is 19.1 Å². The molecule has 172 valence electrons. The zero-order valence-corrected chi connectivity index (χ0v) is 19.0. The number of ether oxygens (including phenoxy) is 1. The van der Waals surface area contributed by atoms with E-state index in [1.54, 1.807) is 18.2 Å². The van der Waals surface area contributed by atoms with E-state index in [1.165, 1.54) is 0 Å². The number of nitrogens with one attached hydrogen (secondary N) is 2. The Morgan fingerprint density at radius 2 is 1.97 bits per heavy atom. The fourth-order valence-corrected chi connectivity index (χ4v) is 3.85. The summed E-state index contributed by atoms with van der Waals surface area (Å²) in [6, 6.07) is 14.6. The number of fused-ring (bicyclic) bond motifs is 1. The van der Waals surface area contributed by atoms with Crippen LogP contribution in [0.4, 0.5) is 0 Å². The van der Waals surface area contributed by atoms with Crippen LogP contribution in [0.1, 0.15) is 42.1 Å². The predicted octanol–water partition coefficient (Wildman–Crippen LogP) is 4.30. The number of benzene rings is 2. The van der Waals surface area contributed by atoms with E-state index < -0.39 is 11.9 Å². The Morgan fingerprint density at radius 1 is 1.22 bits per heavy atom. The van der Waals surface area contributed by atoms with Gasteiger partial charge in [-0.2, -0.15) is 0 Å². The minimum absolute atomic E-state index is 0. The van der Waals surface area contributed by atoms with Gasteiger partial charge in [0.25, 0.3) is 0 Å². The molecule has 3 aromatic rings. The highest BCUT2D eigenvalue weighted by Crippen LogP contribution is 2.34. The average molecular weight is 480 g/mol. The zero-order chi connectivity index (χ0) is 21.1. The van der Waals surface area contributed by atoms with Crippen LogP contribution in [0.3, 0.4) is 0 Å². The largest absolute Gasteiger partial charge is 0.489 e. The lowest BCUT2D eigenvalue weighted by Gasteiger charge is -2.24. The number of nitrogens with two attached hydrogens (primary N) is 1. The summed E-state index contributed by atoms with van der Waals surface area (Å²) in [4.78, 5) is 11.5. The molecule has 2 atom stereocenters. The number of carboxylic acid groups (broad SMARTS) is 1. The van der Waals surface area contributed by atoms with Gasteiger partial charge in [0, 0.05) is 17.5 Å². The van der Waals surface area contributed by atoms with Gasteiger partial charge in [-0.25, -0.2) is 0 Å². The number of nitrogen functional groups attached to an aromatic ring is 1. The third kappa shape index (κ3) is 5.94. The summed E-state index contributed by atoms with van der Waals surface area (Å²) in [6.07, 6.45) is 2.19. The van der Waals surface area contributed by atoms with Gasteiger partial charge in [0.2, 0.25) is 0 Å². The molecule has 7 nitrogen and oxygen atoms in total. The first-order valence-electron chi connectivity index (χ1n) is 10.1. The lowest BCUT2D eigenvalue weighted by Crippen LogP contribution is -2.37. The Kier molecular flexibility index (Phi) is 8.95. The lowest BCUT2D eigenvalue weighted by molar-refractivity contribution is -0.137. The van der Waals surface area contributed by atoms with Crippen molar-refractivity contribution in [1.82, 2.24) is 5.32 Å². The maximum Gasteiger partial charge on any atom is 0.304 e. The minimum Gasteiger partial charge on any atom is -0.489 e. The number of hydrogen-bond acceptors (Lipinski definition) is 5. The Hall–Kier alpha value is -2.74. The topological polar surface area (TPSA) is 122 Å². The molecule has 1 fully saturated rings. The molecule has 0 saturated carbocycles. The number of rotatable bonds is 7. The third-order valence-corrected chi connectivity index (χ3v) is 5.41. The van der Waals surface area contributed by atoms with Crippen molar-refractivity contribution in [2.24, 2.45) is 5.73 Å². The highest BCUT2D eigenvalue weighted by molar-refractivity contribution is 5.98. The van der Waals surface area contributed by atoms with E-state index in [9.17, 15) is 9.90 Å². The van der Waals surface area contributed by atoms with Crippen LogP contribution in [0.5, 0.6) is 5.75 Å². The van der Waals surface area contributed by atoms with E-state index in [4.69, 9.17) is 20.3 Å². The van der Waals surface area contributed by atoms with E-state index >= 15 is 0 Å². The van der Waals surface area contributed by atoms with E-state index in [0.29, 0.717) is 16.9 Å². The molecular weight excluding hydrogens is 453 g/mol. The van der Waals surface area contributed by atoms with Gasteiger partial charge in [-0.3, -0.25) is 10.2 Å². The van der Waals surface area contributed by atoms with Crippen molar-refractivity contribution in [2.75, 3.05) is 13.1 Å². The van der Waals surface area contributed by atoms with Crippen LogP contribution < -0.4 is 15.8 Å². The van der Waals surface area contributed by atoms with Crippen LogP contribution in [0.25, 0.3) is 11.0 Å². The molecule has 1 aromatic heterocycles. The molecule has 1 saturated heterocycles. The fraction of sp³-hybridized carbons (Fsp3) is 0.304. The van der Waals surface area contributed by atoms with Gasteiger partial charge in [-0.1, -0.05) is 12.1 Å². The highest BCUT2D eigenvalue weighted by atomic mass is 35.5. The number of amidine groups is 1. The van der Waals surface area contributed by atoms with Crippen molar-refractivity contribution in [3.8, 4) is 5.75 Å². The molecular formula is C23H27Cl2N3O4. The van der Waals surface area contributed by atoms with Crippen molar-refractivity contribution in [1.29, 1.82) is 5.41 Å². The molecule has 0 aliphatic carbocycles. The van der Waals surface area contributed by atoms with Crippen molar-refractivity contribution >= 4 is 47.6 Å². The molecule has 0 spiro atoms. The molecule has 0 amide bonds. The monoisotopic (exact) mass is 479 g/mol. The van der Waals surface area contributed by atoms with Crippen molar-refractivity contribution in [2.45, 2.75) is 31.3 Å². The molecule has 1 aliphatic heterocycles. The van der Waals surface area contributed by atoms with Crippen LogP contribution >= 0.6 is 24.8 Å². The van der Waals surface area contributed by atoms with Crippen LogP contribution in [-0.2, 0) is 4.79 Å². The number of carboxylic acids is 1. The highest BCUT2D eigenvalue weighted by Gasteiger charge is 2.23. The first-order chi connectivity index (χ1) is 14.5. The smallest absolute Gasteiger partial charge is 0.304 e. The molecule has 2 aromatic carbocycles. The zero-order valence-electron chi connectivity index (χ0n) is 17.4. The number of aliphatic carboxylic acids is 1. The van der Waals surface area contributed by atoms with E-state index in [1.807, 2.05) is 30.3 Å². The first kappa shape index (κ1) is 25.5. The number of halogens is 2. The second-order valence-electron chi connectivity index (χ2n) is 7.62. The van der Waals surface area contributed by atoms with Gasteiger partial charge in [-0.15, -0.1) is 24.8 Å². The maximum atomic E-state index is 11.5. The molecule has 4 rings (SSSR count). The summed E-state index contributed by atoms with van der Waals surface area (Å²) in [5.74, 6) is -0.0134. The van der Waals surface area contributed by atoms with Crippen LogP contribution in [0.2, 0.25) is 0 Å². The van der Waals surface area contributed by atoms with Crippen molar-refractivity contribution in [3.05, 3.63) is 65.4 Å². The second kappa shape index (κ2) is 11.2. The van der Waals surface area contributed by atoms with E-state index in [-0.39, 0.29) is 43.2 Å². The average Bonchev–Trinajstić information content (AvgIpc) is 3.16. The van der Waals surface area contributed by atoms with E-state index in [0.717, 1.165) is 42.6 Å². The Bertz CT molecular complexity index is 1060. The van der Waals surface area contributed by atoms with Gasteiger partial charge in [-0.05, 0) is 61.3 Å². The molecule has 32 heavy (non-hydrogen) atoms. The normalized spacial score (nSPS) is 16.4. The SMILES string of the molecule is Cl.Cl.N=C(N)c1ccc2oc(C(CC(=O)O)c3ccc(O[C@H]4CCCNC4)cc3)cc2c1. The summed E-state index contributed by atoms with van der Waals surface area (Å²) < 4.78 is 12.0. The predicted molar refractivity (Wildman–Crippen MR) is 129 cm³/mol. The Morgan fingerprint density at radius 3 is 2.59 bits per heavy atom. The molecule has 1 aliphatic rings. The van der Waals surface area contributed by atoms with Gasteiger partial charge in [0.05, 0.1) is 12.3 Å². The molecule has 2 heterocycles. The lowest BCUT2D eigenvalue weighted by atomic mass is 9.93.